The largest absolute Gasteiger partial charge is 0.495 e. The fourth-order valence-corrected chi connectivity index (χ4v) is 2.02. The molecule has 0 radical (unpaired) electrons. The minimum atomic E-state index is -0.525. The minimum Gasteiger partial charge on any atom is -0.495 e. The summed E-state index contributed by atoms with van der Waals surface area (Å²) in [5.41, 5.74) is 1.22. The number of anilines is 1. The lowest BCUT2D eigenvalue weighted by Gasteiger charge is -2.10. The van der Waals surface area contributed by atoms with Crippen molar-refractivity contribution in [2.75, 3.05) is 19.0 Å². The average Bonchev–Trinajstić information content (AvgIpc) is 2.55. The van der Waals surface area contributed by atoms with Crippen molar-refractivity contribution in [3.63, 3.8) is 0 Å². The molecule has 120 valence electrons. The molecule has 0 fully saturated rings. The molecular weight excluding hydrogens is 298 g/mol. The molecular formula is C16H17N3O4. The van der Waals surface area contributed by atoms with Crippen LogP contribution in [0.4, 0.5) is 11.4 Å². The number of rotatable bonds is 7. The van der Waals surface area contributed by atoms with E-state index in [4.69, 9.17) is 4.74 Å². The number of hydrogen-bond donors (Lipinski definition) is 2. The summed E-state index contributed by atoms with van der Waals surface area (Å²) in [6, 6.07) is 13.7. The van der Waals surface area contributed by atoms with Gasteiger partial charge in [-0.15, -0.1) is 0 Å². The Balaban J connectivity index is 1.94. The van der Waals surface area contributed by atoms with E-state index < -0.39 is 4.92 Å². The van der Waals surface area contributed by atoms with Crippen molar-refractivity contribution >= 4 is 17.3 Å². The summed E-state index contributed by atoms with van der Waals surface area (Å²) in [4.78, 5) is 22.2. The Kier molecular flexibility index (Phi) is 5.65. The molecule has 0 saturated carbocycles. The number of benzene rings is 2. The molecule has 2 N–H and O–H groups in total. The van der Waals surface area contributed by atoms with Crippen LogP contribution in [0.25, 0.3) is 0 Å². The van der Waals surface area contributed by atoms with Crippen molar-refractivity contribution in [3.05, 3.63) is 64.2 Å². The maximum Gasteiger partial charge on any atom is 0.271 e. The zero-order valence-electron chi connectivity index (χ0n) is 12.6. The average molecular weight is 315 g/mol. The van der Waals surface area contributed by atoms with Crippen molar-refractivity contribution in [2.45, 2.75) is 6.54 Å². The van der Waals surface area contributed by atoms with Crippen molar-refractivity contribution in [1.29, 1.82) is 0 Å². The molecule has 2 aromatic carbocycles. The van der Waals surface area contributed by atoms with Crippen molar-refractivity contribution < 1.29 is 14.5 Å². The fourth-order valence-electron chi connectivity index (χ4n) is 2.02. The smallest absolute Gasteiger partial charge is 0.271 e. The van der Waals surface area contributed by atoms with E-state index in [1.165, 1.54) is 25.3 Å². The number of carbonyl (C=O) groups is 1. The van der Waals surface area contributed by atoms with Crippen LogP contribution in [0, 0.1) is 10.1 Å². The monoisotopic (exact) mass is 315 g/mol. The van der Waals surface area contributed by atoms with Gasteiger partial charge >= 0.3 is 0 Å². The van der Waals surface area contributed by atoms with E-state index in [9.17, 15) is 14.9 Å². The molecule has 2 aromatic rings. The molecule has 23 heavy (non-hydrogen) atoms. The van der Waals surface area contributed by atoms with E-state index in [1.807, 2.05) is 30.3 Å². The zero-order chi connectivity index (χ0) is 16.7. The SMILES string of the molecule is COc1ccc([N+](=O)[O-])cc1NC(=O)CNCc1ccccc1. The number of hydrogen-bond acceptors (Lipinski definition) is 5. The number of carbonyl (C=O) groups excluding carboxylic acids is 1. The van der Waals surface area contributed by atoms with Gasteiger partial charge in [0.2, 0.25) is 5.91 Å². The summed E-state index contributed by atoms with van der Waals surface area (Å²) in [5, 5.41) is 16.4. The Morgan fingerprint density at radius 3 is 2.61 bits per heavy atom. The third kappa shape index (κ3) is 4.79. The third-order valence-corrected chi connectivity index (χ3v) is 3.13. The normalized spacial score (nSPS) is 10.1. The topological polar surface area (TPSA) is 93.5 Å². The van der Waals surface area contributed by atoms with E-state index in [2.05, 4.69) is 10.6 Å². The van der Waals surface area contributed by atoms with Crippen LogP contribution in [-0.2, 0) is 11.3 Å². The summed E-state index contributed by atoms with van der Waals surface area (Å²) in [7, 11) is 1.43. The molecule has 0 aliphatic rings. The van der Waals surface area contributed by atoms with Crippen LogP contribution in [0.15, 0.2) is 48.5 Å². The Morgan fingerprint density at radius 2 is 1.96 bits per heavy atom. The highest BCUT2D eigenvalue weighted by molar-refractivity contribution is 5.94. The van der Waals surface area contributed by atoms with Gasteiger partial charge in [0.25, 0.3) is 5.69 Å². The summed E-state index contributed by atoms with van der Waals surface area (Å²) in [6.45, 7) is 0.640. The van der Waals surface area contributed by atoms with Crippen molar-refractivity contribution in [1.82, 2.24) is 5.32 Å². The predicted molar refractivity (Wildman–Crippen MR) is 86.4 cm³/mol. The number of nitrogens with one attached hydrogen (secondary N) is 2. The van der Waals surface area contributed by atoms with Crippen LogP contribution in [0.2, 0.25) is 0 Å². The van der Waals surface area contributed by atoms with E-state index in [-0.39, 0.29) is 23.8 Å². The molecule has 7 nitrogen and oxygen atoms in total. The van der Waals surface area contributed by atoms with Crippen molar-refractivity contribution in [2.24, 2.45) is 0 Å². The minimum absolute atomic E-state index is 0.0841. The molecule has 0 heterocycles. The first-order chi connectivity index (χ1) is 11.1. The Morgan fingerprint density at radius 1 is 1.22 bits per heavy atom. The highest BCUT2D eigenvalue weighted by atomic mass is 16.6. The lowest BCUT2D eigenvalue weighted by Crippen LogP contribution is -2.27. The molecule has 0 aromatic heterocycles. The number of nitro groups is 1. The number of nitrogens with zero attached hydrogens (tertiary/aromatic N) is 1. The number of non-ortho nitro benzene ring substituents is 1. The summed E-state index contributed by atoms with van der Waals surface area (Å²) < 4.78 is 5.10. The first kappa shape index (κ1) is 16.4. The molecule has 2 rings (SSSR count). The van der Waals surface area contributed by atoms with Gasteiger partial charge < -0.3 is 15.4 Å². The highest BCUT2D eigenvalue weighted by Gasteiger charge is 2.13. The molecule has 0 spiro atoms. The standard InChI is InChI=1S/C16H17N3O4/c1-23-15-8-7-13(19(21)22)9-14(15)18-16(20)11-17-10-12-5-3-2-4-6-12/h2-9,17H,10-11H2,1H3,(H,18,20). The second-order valence-corrected chi connectivity index (χ2v) is 4.78. The lowest BCUT2D eigenvalue weighted by atomic mass is 10.2. The van der Waals surface area contributed by atoms with Crippen LogP contribution in [-0.4, -0.2) is 24.5 Å². The molecule has 1 amide bonds. The quantitative estimate of drug-likeness (QED) is 0.604. The Bertz CT molecular complexity index is 689. The van der Waals surface area contributed by atoms with Crippen LogP contribution in [0.5, 0.6) is 5.75 Å². The van der Waals surface area contributed by atoms with Gasteiger partial charge in [-0.3, -0.25) is 14.9 Å². The molecule has 0 unspecified atom stereocenters. The van der Waals surface area contributed by atoms with Gasteiger partial charge in [-0.1, -0.05) is 30.3 Å². The van der Waals surface area contributed by atoms with E-state index in [1.54, 1.807) is 0 Å². The molecule has 0 aliphatic heterocycles. The Hall–Kier alpha value is -2.93. The number of methoxy groups -OCH3 is 1. The number of amides is 1. The third-order valence-electron chi connectivity index (χ3n) is 3.13. The van der Waals surface area contributed by atoms with Crippen LogP contribution >= 0.6 is 0 Å². The van der Waals surface area contributed by atoms with E-state index in [0.29, 0.717) is 12.3 Å². The molecule has 0 bridgehead atoms. The first-order valence-electron chi connectivity index (χ1n) is 6.97. The summed E-state index contributed by atoms with van der Waals surface area (Å²) in [6.07, 6.45) is 0. The van der Waals surface area contributed by atoms with Gasteiger partial charge in [0.15, 0.2) is 0 Å². The fraction of sp³-hybridized carbons (Fsp3) is 0.188. The van der Waals surface area contributed by atoms with E-state index >= 15 is 0 Å². The molecule has 0 atom stereocenters. The first-order valence-corrected chi connectivity index (χ1v) is 6.97. The van der Waals surface area contributed by atoms with Gasteiger partial charge in [-0.05, 0) is 11.6 Å². The predicted octanol–water partition coefficient (Wildman–Crippen LogP) is 2.33. The van der Waals surface area contributed by atoms with Crippen molar-refractivity contribution in [3.8, 4) is 5.75 Å². The van der Waals surface area contributed by atoms with Gasteiger partial charge in [0, 0.05) is 18.7 Å². The lowest BCUT2D eigenvalue weighted by molar-refractivity contribution is -0.384. The number of nitro benzene ring substituents is 1. The second-order valence-electron chi connectivity index (χ2n) is 4.78. The summed E-state index contributed by atoms with van der Waals surface area (Å²) in [5.74, 6) is 0.0618. The van der Waals surface area contributed by atoms with Gasteiger partial charge in [-0.25, -0.2) is 0 Å². The Labute approximate surface area is 133 Å². The second kappa shape index (κ2) is 7.90. The van der Waals surface area contributed by atoms with Crippen LogP contribution in [0.1, 0.15) is 5.56 Å². The van der Waals surface area contributed by atoms with Gasteiger partial charge in [0.1, 0.15) is 5.75 Å². The maximum absolute atomic E-state index is 12.0. The molecule has 0 saturated heterocycles. The molecule has 7 heteroatoms. The maximum atomic E-state index is 12.0. The van der Waals surface area contributed by atoms with Gasteiger partial charge in [-0.2, -0.15) is 0 Å². The highest BCUT2D eigenvalue weighted by Crippen LogP contribution is 2.28. The van der Waals surface area contributed by atoms with Gasteiger partial charge in [0.05, 0.1) is 24.3 Å². The van der Waals surface area contributed by atoms with Crippen LogP contribution < -0.4 is 15.4 Å². The van der Waals surface area contributed by atoms with Crippen LogP contribution in [0.3, 0.4) is 0 Å². The number of ether oxygens (including phenoxy) is 1. The van der Waals surface area contributed by atoms with E-state index in [0.717, 1.165) is 5.56 Å². The molecule has 0 aliphatic carbocycles. The summed E-state index contributed by atoms with van der Waals surface area (Å²) >= 11 is 0. The zero-order valence-corrected chi connectivity index (χ0v) is 12.6.